The average molecular weight is 569 g/mol. The van der Waals surface area contributed by atoms with E-state index in [1.165, 1.54) is 35.0 Å². The molecule has 0 radical (unpaired) electrons. The van der Waals surface area contributed by atoms with E-state index in [0.29, 0.717) is 27.6 Å². The molecule has 0 unspecified atom stereocenters. The standard InChI is InChI=1S/C27H17Cl3FN5O2/c28-16-11-20(29)24(21(30)12-16)27(38)35-22-4-2-1-3-18(22)23-9-10-32-25-19(14-34-36(23)25)26(37)33-13-15-5-7-17(31)8-6-15/h1-12,14H,13H2,(H,33,37)(H,35,38). The lowest BCUT2D eigenvalue weighted by Gasteiger charge is -2.14. The van der Waals surface area contributed by atoms with Crippen LogP contribution in [0.25, 0.3) is 16.9 Å². The Morgan fingerprint density at radius 1 is 0.921 bits per heavy atom. The molecule has 3 aromatic carbocycles. The fraction of sp³-hybridized carbons (Fsp3) is 0.0370. The quantitative estimate of drug-likeness (QED) is 0.239. The average Bonchev–Trinajstić information content (AvgIpc) is 3.32. The first-order valence-corrected chi connectivity index (χ1v) is 12.4. The molecule has 0 saturated carbocycles. The van der Waals surface area contributed by atoms with Crippen molar-refractivity contribution in [3.05, 3.63) is 117 Å². The summed E-state index contributed by atoms with van der Waals surface area (Å²) in [7, 11) is 0. The van der Waals surface area contributed by atoms with Crippen LogP contribution in [0, 0.1) is 5.82 Å². The summed E-state index contributed by atoms with van der Waals surface area (Å²) in [6.07, 6.45) is 2.97. The maximum Gasteiger partial charge on any atom is 0.258 e. The minimum Gasteiger partial charge on any atom is -0.348 e. The summed E-state index contributed by atoms with van der Waals surface area (Å²) in [4.78, 5) is 30.3. The van der Waals surface area contributed by atoms with Gasteiger partial charge in [0, 0.05) is 23.3 Å². The maximum atomic E-state index is 13.1. The molecule has 0 aliphatic rings. The van der Waals surface area contributed by atoms with Gasteiger partial charge in [0.25, 0.3) is 11.8 Å². The van der Waals surface area contributed by atoms with E-state index in [2.05, 4.69) is 20.7 Å². The molecule has 0 bridgehead atoms. The van der Waals surface area contributed by atoms with Gasteiger partial charge in [0.2, 0.25) is 0 Å². The van der Waals surface area contributed by atoms with Crippen molar-refractivity contribution in [2.75, 3.05) is 5.32 Å². The second-order valence-corrected chi connectivity index (χ2v) is 9.43. The Kier molecular flexibility index (Phi) is 7.28. The van der Waals surface area contributed by atoms with Crippen LogP contribution in [0.3, 0.4) is 0 Å². The summed E-state index contributed by atoms with van der Waals surface area (Å²) in [6, 6.07) is 17.5. The monoisotopic (exact) mass is 567 g/mol. The van der Waals surface area contributed by atoms with Gasteiger partial charge in [0.15, 0.2) is 5.65 Å². The lowest BCUT2D eigenvalue weighted by atomic mass is 10.1. The number of hydrogen-bond acceptors (Lipinski definition) is 4. The number of anilines is 1. The lowest BCUT2D eigenvalue weighted by molar-refractivity contribution is 0.0951. The number of aromatic nitrogens is 3. The number of hydrogen-bond donors (Lipinski definition) is 2. The number of nitrogens with zero attached hydrogens (tertiary/aromatic N) is 3. The molecular formula is C27H17Cl3FN5O2. The van der Waals surface area contributed by atoms with E-state index in [-0.39, 0.29) is 39.4 Å². The summed E-state index contributed by atoms with van der Waals surface area (Å²) in [5, 5.41) is 10.6. The largest absolute Gasteiger partial charge is 0.348 e. The molecule has 0 spiro atoms. The van der Waals surface area contributed by atoms with E-state index in [1.54, 1.807) is 48.7 Å². The van der Waals surface area contributed by atoms with Crippen molar-refractivity contribution < 1.29 is 14.0 Å². The van der Waals surface area contributed by atoms with Gasteiger partial charge in [-0.05, 0) is 42.0 Å². The molecule has 0 atom stereocenters. The van der Waals surface area contributed by atoms with Crippen LogP contribution in [0.1, 0.15) is 26.3 Å². The molecule has 0 aliphatic carbocycles. The molecule has 5 rings (SSSR count). The fourth-order valence-electron chi connectivity index (χ4n) is 3.89. The Hall–Kier alpha value is -3.98. The van der Waals surface area contributed by atoms with E-state index in [4.69, 9.17) is 34.8 Å². The molecule has 2 N–H and O–H groups in total. The third kappa shape index (κ3) is 5.19. The van der Waals surface area contributed by atoms with Crippen LogP contribution in [-0.2, 0) is 6.54 Å². The highest BCUT2D eigenvalue weighted by atomic mass is 35.5. The molecule has 11 heteroatoms. The second-order valence-electron chi connectivity index (χ2n) is 8.18. The summed E-state index contributed by atoms with van der Waals surface area (Å²) < 4.78 is 14.7. The lowest BCUT2D eigenvalue weighted by Crippen LogP contribution is -2.22. The van der Waals surface area contributed by atoms with E-state index in [9.17, 15) is 14.0 Å². The molecule has 0 saturated heterocycles. The number of carbonyl (C=O) groups excluding carboxylic acids is 2. The Morgan fingerprint density at radius 3 is 2.37 bits per heavy atom. The predicted octanol–water partition coefficient (Wildman–Crippen LogP) is 6.68. The van der Waals surface area contributed by atoms with Crippen LogP contribution in [0.5, 0.6) is 0 Å². The van der Waals surface area contributed by atoms with Crippen molar-refractivity contribution in [1.29, 1.82) is 0 Å². The van der Waals surface area contributed by atoms with Crippen molar-refractivity contribution in [1.82, 2.24) is 19.9 Å². The van der Waals surface area contributed by atoms with Gasteiger partial charge in [0.05, 0.1) is 33.2 Å². The van der Waals surface area contributed by atoms with Crippen molar-refractivity contribution >= 4 is 58.0 Å². The van der Waals surface area contributed by atoms with Crippen molar-refractivity contribution in [3.8, 4) is 11.3 Å². The number of nitrogens with one attached hydrogen (secondary N) is 2. The highest BCUT2D eigenvalue weighted by Gasteiger charge is 2.20. The third-order valence-corrected chi connectivity index (χ3v) is 6.51. The van der Waals surface area contributed by atoms with Crippen molar-refractivity contribution in [2.24, 2.45) is 0 Å². The maximum absolute atomic E-state index is 13.1. The second kappa shape index (κ2) is 10.8. The van der Waals surface area contributed by atoms with Crippen LogP contribution in [0.2, 0.25) is 15.1 Å². The molecular weight excluding hydrogens is 552 g/mol. The van der Waals surface area contributed by atoms with Gasteiger partial charge in [-0.25, -0.2) is 13.9 Å². The Balaban J connectivity index is 1.44. The highest BCUT2D eigenvalue weighted by Crippen LogP contribution is 2.32. The Bertz CT molecular complexity index is 1670. The topological polar surface area (TPSA) is 88.4 Å². The van der Waals surface area contributed by atoms with Crippen LogP contribution < -0.4 is 10.6 Å². The smallest absolute Gasteiger partial charge is 0.258 e. The number of fused-ring (bicyclic) bond motifs is 1. The van der Waals surface area contributed by atoms with Crippen molar-refractivity contribution in [3.63, 3.8) is 0 Å². The number of rotatable bonds is 6. The third-order valence-electron chi connectivity index (χ3n) is 5.70. The molecule has 0 fully saturated rings. The van der Waals surface area contributed by atoms with Gasteiger partial charge >= 0.3 is 0 Å². The molecule has 2 heterocycles. The van der Waals surface area contributed by atoms with Crippen LogP contribution >= 0.6 is 34.8 Å². The molecule has 38 heavy (non-hydrogen) atoms. The summed E-state index contributed by atoms with van der Waals surface area (Å²) in [5.41, 5.74) is 3.08. The van der Waals surface area contributed by atoms with Gasteiger partial charge in [-0.1, -0.05) is 65.1 Å². The van der Waals surface area contributed by atoms with Gasteiger partial charge in [0.1, 0.15) is 11.4 Å². The number of halogens is 4. The van der Waals surface area contributed by atoms with Crippen LogP contribution in [0.15, 0.2) is 79.1 Å². The minimum absolute atomic E-state index is 0.0895. The highest BCUT2D eigenvalue weighted by molar-refractivity contribution is 6.42. The summed E-state index contributed by atoms with van der Waals surface area (Å²) in [6.45, 7) is 0.209. The first kappa shape index (κ1) is 25.7. The van der Waals surface area contributed by atoms with Gasteiger partial charge in [-0.3, -0.25) is 9.59 Å². The Labute approximate surface area is 231 Å². The fourth-order valence-corrected chi connectivity index (χ4v) is 4.88. The zero-order valence-electron chi connectivity index (χ0n) is 19.4. The number of carbonyl (C=O) groups is 2. The molecule has 2 amide bonds. The summed E-state index contributed by atoms with van der Waals surface area (Å²) in [5.74, 6) is -1.26. The van der Waals surface area contributed by atoms with Gasteiger partial charge < -0.3 is 10.6 Å². The zero-order chi connectivity index (χ0) is 26.8. The molecule has 7 nitrogen and oxygen atoms in total. The first-order chi connectivity index (χ1) is 18.3. The molecule has 0 aliphatic heterocycles. The molecule has 5 aromatic rings. The molecule has 2 aromatic heterocycles. The van der Waals surface area contributed by atoms with Crippen molar-refractivity contribution in [2.45, 2.75) is 6.54 Å². The van der Waals surface area contributed by atoms with E-state index in [0.717, 1.165) is 5.56 Å². The van der Waals surface area contributed by atoms with E-state index in [1.807, 2.05) is 0 Å². The Morgan fingerprint density at radius 2 is 1.63 bits per heavy atom. The molecule has 190 valence electrons. The van der Waals surface area contributed by atoms with Crippen LogP contribution in [0.4, 0.5) is 10.1 Å². The van der Waals surface area contributed by atoms with E-state index < -0.39 is 5.91 Å². The zero-order valence-corrected chi connectivity index (χ0v) is 21.7. The van der Waals surface area contributed by atoms with E-state index >= 15 is 0 Å². The number of amides is 2. The SMILES string of the molecule is O=C(Nc1ccccc1-c1ccnc2c(C(=O)NCc3ccc(F)cc3)cnn12)c1c(Cl)cc(Cl)cc1Cl. The van der Waals surface area contributed by atoms with Gasteiger partial charge in [-0.2, -0.15) is 5.10 Å². The van der Waals surface area contributed by atoms with Gasteiger partial charge in [-0.15, -0.1) is 0 Å². The normalized spacial score (nSPS) is 10.9. The predicted molar refractivity (Wildman–Crippen MR) is 145 cm³/mol. The number of benzene rings is 3. The van der Waals surface area contributed by atoms with Crippen LogP contribution in [-0.4, -0.2) is 26.4 Å². The minimum atomic E-state index is -0.518. The first-order valence-electron chi connectivity index (χ1n) is 11.2. The number of para-hydroxylation sites is 1. The summed E-state index contributed by atoms with van der Waals surface area (Å²) >= 11 is 18.4.